The van der Waals surface area contributed by atoms with Crippen molar-refractivity contribution in [3.8, 4) is 0 Å². The number of hydrogen-bond acceptors (Lipinski definition) is 4. The fraction of sp³-hybridized carbons (Fsp3) is 0.600. The van der Waals surface area contributed by atoms with Crippen molar-refractivity contribution in [1.29, 1.82) is 0 Å². The first-order valence-corrected chi connectivity index (χ1v) is 7.93. The highest BCUT2D eigenvalue weighted by molar-refractivity contribution is 9.10. The van der Waals surface area contributed by atoms with E-state index in [1.807, 2.05) is 0 Å². The summed E-state index contributed by atoms with van der Waals surface area (Å²) in [6.07, 6.45) is 0.954. The van der Waals surface area contributed by atoms with Crippen LogP contribution in [0.15, 0.2) is 28.7 Å². The summed E-state index contributed by atoms with van der Waals surface area (Å²) in [5.74, 6) is 0. The van der Waals surface area contributed by atoms with E-state index in [9.17, 15) is 0 Å². The largest absolute Gasteiger partial charge is 0.395 e. The molecule has 0 aliphatic carbocycles. The molecule has 0 spiro atoms. The van der Waals surface area contributed by atoms with Crippen LogP contribution in [0.25, 0.3) is 0 Å². The quantitative estimate of drug-likeness (QED) is 0.605. The molecule has 114 valence electrons. The van der Waals surface area contributed by atoms with Crippen LogP contribution in [0.5, 0.6) is 0 Å². The third-order valence-electron chi connectivity index (χ3n) is 3.29. The van der Waals surface area contributed by atoms with E-state index >= 15 is 0 Å². The fourth-order valence-electron chi connectivity index (χ4n) is 2.26. The zero-order chi connectivity index (χ0) is 14.8. The first kappa shape index (κ1) is 17.6. The van der Waals surface area contributed by atoms with Crippen LogP contribution in [0.1, 0.15) is 24.9 Å². The fourth-order valence-corrected chi connectivity index (χ4v) is 2.52. The molecular weight excluding hydrogens is 320 g/mol. The lowest BCUT2D eigenvalue weighted by molar-refractivity contribution is 0.156. The lowest BCUT2D eigenvalue weighted by atomic mass is 10.0. The van der Waals surface area contributed by atoms with Crippen LogP contribution < -0.4 is 5.32 Å². The second-order valence-electron chi connectivity index (χ2n) is 4.74. The lowest BCUT2D eigenvalue weighted by Crippen LogP contribution is -2.33. The van der Waals surface area contributed by atoms with Crippen LogP contribution in [-0.4, -0.2) is 54.5 Å². The minimum absolute atomic E-state index is 0.129. The van der Waals surface area contributed by atoms with Gasteiger partial charge in [0.25, 0.3) is 0 Å². The Labute approximate surface area is 129 Å². The van der Waals surface area contributed by atoms with E-state index in [1.54, 1.807) is 0 Å². The maximum Gasteiger partial charge on any atom is 0.0558 e. The van der Waals surface area contributed by atoms with Gasteiger partial charge in [0.05, 0.1) is 13.2 Å². The van der Waals surface area contributed by atoms with Crippen molar-refractivity contribution >= 4 is 15.9 Å². The van der Waals surface area contributed by atoms with E-state index in [1.165, 1.54) is 5.56 Å². The van der Waals surface area contributed by atoms with Crippen molar-refractivity contribution in [2.24, 2.45) is 0 Å². The molecule has 1 atom stereocenters. The Hall–Kier alpha value is -0.460. The molecule has 0 bridgehead atoms. The minimum Gasteiger partial charge on any atom is -0.395 e. The highest BCUT2D eigenvalue weighted by Crippen LogP contribution is 2.20. The van der Waals surface area contributed by atoms with Crippen molar-refractivity contribution in [1.82, 2.24) is 10.2 Å². The van der Waals surface area contributed by atoms with E-state index in [-0.39, 0.29) is 13.2 Å². The zero-order valence-corrected chi connectivity index (χ0v) is 13.6. The van der Waals surface area contributed by atoms with Crippen molar-refractivity contribution < 1.29 is 10.2 Å². The van der Waals surface area contributed by atoms with Gasteiger partial charge in [-0.05, 0) is 30.7 Å². The second kappa shape index (κ2) is 10.3. The summed E-state index contributed by atoms with van der Waals surface area (Å²) < 4.78 is 1.08. The summed E-state index contributed by atoms with van der Waals surface area (Å²) >= 11 is 3.45. The topological polar surface area (TPSA) is 55.7 Å². The van der Waals surface area contributed by atoms with Gasteiger partial charge in [-0.2, -0.15) is 0 Å². The molecule has 1 rings (SSSR count). The maximum atomic E-state index is 9.04. The van der Waals surface area contributed by atoms with Gasteiger partial charge in [-0.3, -0.25) is 4.90 Å². The molecule has 0 saturated heterocycles. The van der Waals surface area contributed by atoms with E-state index < -0.39 is 0 Å². The van der Waals surface area contributed by atoms with Crippen molar-refractivity contribution in [3.05, 3.63) is 34.3 Å². The zero-order valence-electron chi connectivity index (χ0n) is 12.1. The van der Waals surface area contributed by atoms with Crippen LogP contribution in [0.4, 0.5) is 0 Å². The highest BCUT2D eigenvalue weighted by atomic mass is 79.9. The molecule has 0 aliphatic heterocycles. The average Bonchev–Trinajstić information content (AvgIpc) is 2.45. The first-order chi connectivity index (χ1) is 9.71. The number of hydrogen-bond donors (Lipinski definition) is 3. The van der Waals surface area contributed by atoms with Gasteiger partial charge in [-0.25, -0.2) is 0 Å². The Morgan fingerprint density at radius 3 is 2.20 bits per heavy atom. The first-order valence-electron chi connectivity index (χ1n) is 7.14. The summed E-state index contributed by atoms with van der Waals surface area (Å²) in [5.41, 5.74) is 1.27. The van der Waals surface area contributed by atoms with Gasteiger partial charge < -0.3 is 15.5 Å². The minimum atomic E-state index is 0.129. The number of halogens is 1. The van der Waals surface area contributed by atoms with Gasteiger partial charge in [0.15, 0.2) is 0 Å². The molecule has 20 heavy (non-hydrogen) atoms. The smallest absolute Gasteiger partial charge is 0.0558 e. The van der Waals surface area contributed by atoms with E-state index in [2.05, 4.69) is 57.3 Å². The van der Waals surface area contributed by atoms with Crippen LogP contribution in [0, 0.1) is 0 Å². The summed E-state index contributed by atoms with van der Waals surface area (Å²) in [4.78, 5) is 2.09. The Balaban J connectivity index is 2.59. The number of nitrogens with one attached hydrogen (secondary N) is 1. The van der Waals surface area contributed by atoms with E-state index in [0.29, 0.717) is 19.1 Å². The number of aliphatic hydroxyl groups is 2. The predicted molar refractivity (Wildman–Crippen MR) is 85.8 cm³/mol. The molecular formula is C15H25BrN2O2. The molecule has 4 nitrogen and oxygen atoms in total. The molecule has 1 unspecified atom stereocenters. The molecule has 0 amide bonds. The maximum absolute atomic E-state index is 9.04. The molecule has 0 radical (unpaired) electrons. The third kappa shape index (κ3) is 6.33. The van der Waals surface area contributed by atoms with E-state index in [4.69, 9.17) is 10.2 Å². The van der Waals surface area contributed by atoms with Gasteiger partial charge in [-0.1, -0.05) is 35.0 Å². The van der Waals surface area contributed by atoms with Gasteiger partial charge in [0, 0.05) is 30.1 Å². The number of rotatable bonds is 10. The van der Waals surface area contributed by atoms with Gasteiger partial charge in [0.2, 0.25) is 0 Å². The van der Waals surface area contributed by atoms with Crippen molar-refractivity contribution in [2.75, 3.05) is 39.4 Å². The predicted octanol–water partition coefficient (Wildman–Crippen LogP) is 1.78. The second-order valence-corrected chi connectivity index (χ2v) is 5.66. The Morgan fingerprint density at radius 2 is 1.70 bits per heavy atom. The normalized spacial score (nSPS) is 12.8. The molecule has 5 heteroatoms. The number of benzene rings is 1. The van der Waals surface area contributed by atoms with Crippen LogP contribution in [0.2, 0.25) is 0 Å². The van der Waals surface area contributed by atoms with Gasteiger partial charge in [-0.15, -0.1) is 0 Å². The summed E-state index contributed by atoms with van der Waals surface area (Å²) in [7, 11) is 0. The highest BCUT2D eigenvalue weighted by Gasteiger charge is 2.12. The molecule has 0 aliphatic rings. The Bertz CT molecular complexity index is 353. The van der Waals surface area contributed by atoms with Gasteiger partial charge in [0.1, 0.15) is 0 Å². The number of aliphatic hydroxyl groups excluding tert-OH is 2. The SMILES string of the molecule is CCNC(CCN(CCO)CCO)c1ccc(Br)cc1. The molecule has 1 aromatic carbocycles. The lowest BCUT2D eigenvalue weighted by Gasteiger charge is -2.24. The molecule has 1 aromatic rings. The van der Waals surface area contributed by atoms with Gasteiger partial charge >= 0.3 is 0 Å². The standard InChI is InChI=1S/C15H25BrN2O2/c1-2-17-15(13-3-5-14(16)6-4-13)7-8-18(9-11-19)10-12-20/h3-6,15,17,19-20H,2,7-12H2,1H3. The molecule has 0 heterocycles. The Morgan fingerprint density at radius 1 is 1.10 bits per heavy atom. The summed E-state index contributed by atoms with van der Waals surface area (Å²) in [6.45, 7) is 5.36. The van der Waals surface area contributed by atoms with Crippen molar-refractivity contribution in [3.63, 3.8) is 0 Å². The summed E-state index contributed by atoms with van der Waals surface area (Å²) in [5, 5.41) is 21.6. The number of nitrogens with zero attached hydrogens (tertiary/aromatic N) is 1. The van der Waals surface area contributed by atoms with Crippen LogP contribution in [0.3, 0.4) is 0 Å². The van der Waals surface area contributed by atoms with Crippen molar-refractivity contribution in [2.45, 2.75) is 19.4 Å². The third-order valence-corrected chi connectivity index (χ3v) is 3.82. The molecule has 3 N–H and O–H groups in total. The monoisotopic (exact) mass is 344 g/mol. The summed E-state index contributed by atoms with van der Waals surface area (Å²) in [6, 6.07) is 8.66. The average molecular weight is 345 g/mol. The van der Waals surface area contributed by atoms with E-state index in [0.717, 1.165) is 24.0 Å². The van der Waals surface area contributed by atoms with Crippen LogP contribution >= 0.6 is 15.9 Å². The molecule has 0 fully saturated rings. The van der Waals surface area contributed by atoms with Crippen LogP contribution in [-0.2, 0) is 0 Å². The molecule has 0 saturated carbocycles. The molecule has 0 aromatic heterocycles. The Kier molecular flexibility index (Phi) is 9.05.